The van der Waals surface area contributed by atoms with Crippen LogP contribution in [0.1, 0.15) is 32.1 Å². The fraction of sp³-hybridized carbons (Fsp3) is 0.636. The third-order valence-corrected chi connectivity index (χ3v) is 5.67. The second-order valence-electron chi connectivity index (χ2n) is 4.06. The van der Waals surface area contributed by atoms with E-state index in [0.717, 1.165) is 18.1 Å². The van der Waals surface area contributed by atoms with Crippen molar-refractivity contribution in [3.8, 4) is 0 Å². The maximum atomic E-state index is 11.5. The van der Waals surface area contributed by atoms with Crippen molar-refractivity contribution in [1.82, 2.24) is 9.97 Å². The average molecular weight is 271 g/mol. The van der Waals surface area contributed by atoms with E-state index in [0.29, 0.717) is 12.4 Å². The number of nitrogens with zero attached hydrogens (tertiary/aromatic N) is 1. The molecule has 0 aliphatic carbocycles. The minimum atomic E-state index is 0.0494. The third-order valence-electron chi connectivity index (χ3n) is 2.66. The molecule has 6 heteroatoms. The van der Waals surface area contributed by atoms with Gasteiger partial charge in [0.15, 0.2) is 0 Å². The first kappa shape index (κ1) is 12.8. The van der Waals surface area contributed by atoms with Gasteiger partial charge in [0.1, 0.15) is 0 Å². The summed E-state index contributed by atoms with van der Waals surface area (Å²) in [4.78, 5) is 18.3. The van der Waals surface area contributed by atoms with E-state index in [-0.39, 0.29) is 5.91 Å². The molecule has 2 heterocycles. The van der Waals surface area contributed by atoms with Crippen LogP contribution in [0.2, 0.25) is 0 Å². The summed E-state index contributed by atoms with van der Waals surface area (Å²) in [5, 5.41) is 3.55. The standard InChI is InChI=1S/C11H17N3OS2/c15-10(14-11-12-6-7-13-11)4-2-1-3-9-5-8-16-17-9/h6-7,9H,1-5,8H2,(H2,12,13,14,15). The molecule has 0 spiro atoms. The smallest absolute Gasteiger partial charge is 0.226 e. The Bertz CT molecular complexity index is 336. The van der Waals surface area contributed by atoms with Gasteiger partial charge in [-0.2, -0.15) is 0 Å². The molecule has 2 N–H and O–H groups in total. The van der Waals surface area contributed by atoms with Gasteiger partial charge in [-0.15, -0.1) is 0 Å². The minimum Gasteiger partial charge on any atom is -0.331 e. The fourth-order valence-electron chi connectivity index (χ4n) is 1.75. The number of aromatic nitrogens is 2. The highest BCUT2D eigenvalue weighted by molar-refractivity contribution is 8.77. The van der Waals surface area contributed by atoms with Gasteiger partial charge in [0, 0.05) is 29.8 Å². The summed E-state index contributed by atoms with van der Waals surface area (Å²) in [5.74, 6) is 1.88. The van der Waals surface area contributed by atoms with E-state index in [1.54, 1.807) is 12.4 Å². The summed E-state index contributed by atoms with van der Waals surface area (Å²) in [7, 11) is 3.98. The molecule has 1 unspecified atom stereocenters. The van der Waals surface area contributed by atoms with Crippen LogP contribution in [0.3, 0.4) is 0 Å². The van der Waals surface area contributed by atoms with E-state index in [1.807, 2.05) is 21.6 Å². The van der Waals surface area contributed by atoms with Crippen LogP contribution in [-0.4, -0.2) is 26.9 Å². The van der Waals surface area contributed by atoms with Gasteiger partial charge in [0.2, 0.25) is 11.9 Å². The highest BCUT2D eigenvalue weighted by Gasteiger charge is 2.15. The normalized spacial score (nSPS) is 19.4. The summed E-state index contributed by atoms with van der Waals surface area (Å²) in [6.07, 6.45) is 8.60. The first-order valence-corrected chi connectivity index (χ1v) is 8.30. The Kier molecular flexibility index (Phi) is 5.25. The highest BCUT2D eigenvalue weighted by atomic mass is 33.1. The van der Waals surface area contributed by atoms with Crippen molar-refractivity contribution in [2.75, 3.05) is 11.1 Å². The van der Waals surface area contributed by atoms with Crippen molar-refractivity contribution in [3.05, 3.63) is 12.4 Å². The molecule has 1 aliphatic rings. The number of anilines is 1. The van der Waals surface area contributed by atoms with Crippen LogP contribution in [0.5, 0.6) is 0 Å². The molecule has 94 valence electrons. The molecular formula is C11H17N3OS2. The van der Waals surface area contributed by atoms with Crippen LogP contribution in [-0.2, 0) is 4.79 Å². The average Bonchev–Trinajstić information content (AvgIpc) is 2.96. The summed E-state index contributed by atoms with van der Waals surface area (Å²) >= 11 is 0. The Labute approximate surface area is 109 Å². The van der Waals surface area contributed by atoms with Crippen molar-refractivity contribution >= 4 is 33.4 Å². The quantitative estimate of drug-likeness (QED) is 0.616. The van der Waals surface area contributed by atoms with Crippen molar-refractivity contribution in [2.45, 2.75) is 37.4 Å². The van der Waals surface area contributed by atoms with Gasteiger partial charge < -0.3 is 4.98 Å². The van der Waals surface area contributed by atoms with E-state index in [4.69, 9.17) is 0 Å². The lowest BCUT2D eigenvalue weighted by Gasteiger charge is -2.06. The molecule has 1 saturated heterocycles. The number of hydrogen-bond donors (Lipinski definition) is 2. The topological polar surface area (TPSA) is 57.8 Å². The maximum Gasteiger partial charge on any atom is 0.226 e. The first-order chi connectivity index (χ1) is 8.34. The second-order valence-corrected chi connectivity index (χ2v) is 6.85. The van der Waals surface area contributed by atoms with E-state index in [9.17, 15) is 4.79 Å². The van der Waals surface area contributed by atoms with Gasteiger partial charge in [-0.1, -0.05) is 28.0 Å². The Morgan fingerprint density at radius 3 is 3.24 bits per heavy atom. The number of H-pyrrole nitrogens is 1. The molecule has 17 heavy (non-hydrogen) atoms. The Morgan fingerprint density at radius 2 is 2.53 bits per heavy atom. The fourth-order valence-corrected chi connectivity index (χ4v) is 4.78. The first-order valence-electron chi connectivity index (χ1n) is 5.92. The van der Waals surface area contributed by atoms with E-state index in [1.165, 1.54) is 18.6 Å². The Hall–Kier alpha value is -0.620. The zero-order valence-corrected chi connectivity index (χ0v) is 11.3. The number of carbonyl (C=O) groups is 1. The zero-order valence-electron chi connectivity index (χ0n) is 9.65. The third kappa shape index (κ3) is 4.63. The molecule has 0 radical (unpaired) electrons. The molecule has 0 bridgehead atoms. The number of rotatable bonds is 6. The molecule has 1 atom stereocenters. The van der Waals surface area contributed by atoms with E-state index < -0.39 is 0 Å². The maximum absolute atomic E-state index is 11.5. The largest absolute Gasteiger partial charge is 0.331 e. The molecule has 1 aromatic rings. The highest BCUT2D eigenvalue weighted by Crippen LogP contribution is 2.39. The molecule has 2 rings (SSSR count). The lowest BCUT2D eigenvalue weighted by Crippen LogP contribution is -2.12. The molecule has 1 aromatic heterocycles. The van der Waals surface area contributed by atoms with Gasteiger partial charge in [-0.05, 0) is 19.3 Å². The number of hydrogen-bond acceptors (Lipinski definition) is 4. The van der Waals surface area contributed by atoms with Gasteiger partial charge in [-0.3, -0.25) is 10.1 Å². The van der Waals surface area contributed by atoms with Crippen LogP contribution in [0.25, 0.3) is 0 Å². The van der Waals surface area contributed by atoms with Crippen molar-refractivity contribution in [2.24, 2.45) is 0 Å². The molecule has 4 nitrogen and oxygen atoms in total. The van der Waals surface area contributed by atoms with Crippen LogP contribution in [0.4, 0.5) is 5.95 Å². The minimum absolute atomic E-state index is 0.0494. The molecule has 1 aliphatic heterocycles. The van der Waals surface area contributed by atoms with Crippen molar-refractivity contribution in [3.63, 3.8) is 0 Å². The van der Waals surface area contributed by atoms with Crippen LogP contribution < -0.4 is 5.32 Å². The Balaban J connectivity index is 1.54. The van der Waals surface area contributed by atoms with Crippen molar-refractivity contribution < 1.29 is 4.79 Å². The molecule has 1 fully saturated rings. The van der Waals surface area contributed by atoms with Crippen LogP contribution in [0.15, 0.2) is 12.4 Å². The van der Waals surface area contributed by atoms with E-state index in [2.05, 4.69) is 15.3 Å². The van der Waals surface area contributed by atoms with Crippen LogP contribution >= 0.6 is 21.6 Å². The zero-order chi connectivity index (χ0) is 11.9. The van der Waals surface area contributed by atoms with Gasteiger partial charge >= 0.3 is 0 Å². The van der Waals surface area contributed by atoms with Gasteiger partial charge in [0.25, 0.3) is 0 Å². The molecule has 1 amide bonds. The number of nitrogens with one attached hydrogen (secondary N) is 2. The Morgan fingerprint density at radius 1 is 1.59 bits per heavy atom. The summed E-state index contributed by atoms with van der Waals surface area (Å²) < 4.78 is 0. The summed E-state index contributed by atoms with van der Waals surface area (Å²) in [5.41, 5.74) is 0. The van der Waals surface area contributed by atoms with Gasteiger partial charge in [-0.25, -0.2) is 4.98 Å². The lowest BCUT2D eigenvalue weighted by molar-refractivity contribution is -0.116. The monoisotopic (exact) mass is 271 g/mol. The molecular weight excluding hydrogens is 254 g/mol. The summed E-state index contributed by atoms with van der Waals surface area (Å²) in [6, 6.07) is 0. The van der Waals surface area contributed by atoms with Crippen LogP contribution in [0, 0.1) is 0 Å². The number of unbranched alkanes of at least 4 members (excludes halogenated alkanes) is 1. The molecule has 0 saturated carbocycles. The molecule has 0 aromatic carbocycles. The number of amides is 1. The van der Waals surface area contributed by atoms with Crippen molar-refractivity contribution in [1.29, 1.82) is 0 Å². The predicted molar refractivity (Wildman–Crippen MR) is 74.1 cm³/mol. The predicted octanol–water partition coefficient (Wildman–Crippen LogP) is 3.06. The van der Waals surface area contributed by atoms with E-state index >= 15 is 0 Å². The number of imidazole rings is 1. The lowest BCUT2D eigenvalue weighted by atomic mass is 10.1. The second kappa shape index (κ2) is 6.96. The summed E-state index contributed by atoms with van der Waals surface area (Å²) in [6.45, 7) is 0. The number of carbonyl (C=O) groups excluding carboxylic acids is 1. The van der Waals surface area contributed by atoms with Gasteiger partial charge in [0.05, 0.1) is 0 Å². The SMILES string of the molecule is O=C(CCCCC1CCSS1)Nc1ncc[nH]1. The number of aromatic amines is 1.